The van der Waals surface area contributed by atoms with Crippen LogP contribution in [0.3, 0.4) is 0 Å². The van der Waals surface area contributed by atoms with E-state index in [0.29, 0.717) is 33.7 Å². The first-order valence-electron chi connectivity index (χ1n) is 10.8. The van der Waals surface area contributed by atoms with Crippen molar-refractivity contribution in [2.45, 2.75) is 6.61 Å². The number of ether oxygens (including phenoxy) is 2. The lowest BCUT2D eigenvalue weighted by atomic mass is 10.1. The zero-order valence-electron chi connectivity index (χ0n) is 18.7. The fourth-order valence-electron chi connectivity index (χ4n) is 3.84. The number of rotatable bonds is 6. The number of methoxy groups -OCH3 is 1. The molecule has 0 aromatic heterocycles. The number of hydrogen-bond acceptors (Lipinski definition) is 5. The highest BCUT2D eigenvalue weighted by molar-refractivity contribution is 8.19. The highest BCUT2D eigenvalue weighted by Crippen LogP contribution is 2.37. The van der Waals surface area contributed by atoms with Gasteiger partial charge < -0.3 is 9.47 Å². The third-order valence-corrected chi connectivity index (χ3v) is 6.66. The van der Waals surface area contributed by atoms with Gasteiger partial charge in [-0.2, -0.15) is 0 Å². The van der Waals surface area contributed by atoms with Gasteiger partial charge in [-0.25, -0.2) is 4.90 Å². The maximum atomic E-state index is 12.9. The second-order valence-corrected chi connectivity index (χ2v) is 9.31. The SMILES string of the molecule is COc1cc(/C=C2/SC(=O)N(c3cccc(Cl)c3)C2=O)ccc1OCc1ccc2ccccc2c1. The van der Waals surface area contributed by atoms with E-state index >= 15 is 0 Å². The Morgan fingerprint density at radius 2 is 1.71 bits per heavy atom. The average molecular weight is 502 g/mol. The van der Waals surface area contributed by atoms with Gasteiger partial charge in [0.2, 0.25) is 0 Å². The molecule has 35 heavy (non-hydrogen) atoms. The van der Waals surface area contributed by atoms with Gasteiger partial charge in [0.25, 0.3) is 11.1 Å². The lowest BCUT2D eigenvalue weighted by Gasteiger charge is -2.13. The highest BCUT2D eigenvalue weighted by Gasteiger charge is 2.36. The van der Waals surface area contributed by atoms with Crippen molar-refractivity contribution >= 4 is 57.0 Å². The van der Waals surface area contributed by atoms with Gasteiger partial charge >= 0.3 is 0 Å². The lowest BCUT2D eigenvalue weighted by Crippen LogP contribution is -2.27. The molecule has 0 atom stereocenters. The van der Waals surface area contributed by atoms with Crippen LogP contribution in [0.25, 0.3) is 16.8 Å². The van der Waals surface area contributed by atoms with Crippen molar-refractivity contribution < 1.29 is 19.1 Å². The molecule has 1 saturated heterocycles. The molecule has 0 spiro atoms. The summed E-state index contributed by atoms with van der Waals surface area (Å²) in [7, 11) is 1.56. The first-order valence-corrected chi connectivity index (χ1v) is 12.0. The number of thioether (sulfide) groups is 1. The van der Waals surface area contributed by atoms with E-state index in [9.17, 15) is 9.59 Å². The predicted molar refractivity (Wildman–Crippen MR) is 141 cm³/mol. The standard InChI is InChI=1S/C28H20ClNO4S/c1-33-25-14-18(15-26-27(31)30(28(32)35-26)23-8-4-7-22(29)16-23)10-12-24(25)34-17-19-9-11-20-5-2-3-6-21(20)13-19/h2-16H,17H2,1H3/b26-15+. The van der Waals surface area contributed by atoms with Crippen LogP contribution in [-0.4, -0.2) is 18.3 Å². The molecule has 0 unspecified atom stereocenters. The van der Waals surface area contributed by atoms with E-state index in [1.54, 1.807) is 49.6 Å². The molecular weight excluding hydrogens is 482 g/mol. The van der Waals surface area contributed by atoms with Crippen molar-refractivity contribution in [3.05, 3.63) is 106 Å². The van der Waals surface area contributed by atoms with E-state index < -0.39 is 5.91 Å². The minimum absolute atomic E-state index is 0.321. The Bertz CT molecular complexity index is 1480. The zero-order chi connectivity index (χ0) is 24.4. The first-order chi connectivity index (χ1) is 17.0. The summed E-state index contributed by atoms with van der Waals surface area (Å²) in [5.41, 5.74) is 2.21. The smallest absolute Gasteiger partial charge is 0.298 e. The lowest BCUT2D eigenvalue weighted by molar-refractivity contribution is -0.113. The van der Waals surface area contributed by atoms with Gasteiger partial charge in [-0.3, -0.25) is 9.59 Å². The molecule has 4 aromatic rings. The first kappa shape index (κ1) is 23.0. The number of imide groups is 1. The second-order valence-electron chi connectivity index (χ2n) is 7.88. The summed E-state index contributed by atoms with van der Waals surface area (Å²) in [4.78, 5) is 26.9. The van der Waals surface area contributed by atoms with E-state index in [2.05, 4.69) is 24.3 Å². The Labute approximate surface area is 211 Å². The Morgan fingerprint density at radius 3 is 2.51 bits per heavy atom. The molecule has 0 saturated carbocycles. The van der Waals surface area contributed by atoms with Gasteiger partial charge in [0, 0.05) is 5.02 Å². The maximum Gasteiger partial charge on any atom is 0.298 e. The number of benzene rings is 4. The molecule has 5 rings (SSSR count). The summed E-state index contributed by atoms with van der Waals surface area (Å²) in [5.74, 6) is 0.733. The number of nitrogens with zero attached hydrogens (tertiary/aromatic N) is 1. The molecule has 2 amide bonds. The Kier molecular flexibility index (Phi) is 6.49. The van der Waals surface area contributed by atoms with Gasteiger partial charge in [-0.1, -0.05) is 60.1 Å². The summed E-state index contributed by atoms with van der Waals surface area (Å²) in [6.45, 7) is 0.388. The highest BCUT2D eigenvalue weighted by atomic mass is 35.5. The van der Waals surface area contributed by atoms with Gasteiger partial charge in [0.1, 0.15) is 6.61 Å². The quantitative estimate of drug-likeness (QED) is 0.259. The molecule has 0 radical (unpaired) electrons. The molecular formula is C28H20ClNO4S. The number of hydrogen-bond donors (Lipinski definition) is 0. The largest absolute Gasteiger partial charge is 0.493 e. The second kappa shape index (κ2) is 9.86. The summed E-state index contributed by atoms with van der Waals surface area (Å²) >= 11 is 6.91. The molecule has 4 aromatic carbocycles. The Hall–Kier alpha value is -3.74. The Balaban J connectivity index is 1.34. The molecule has 1 fully saturated rings. The van der Waals surface area contributed by atoms with E-state index in [0.717, 1.165) is 33.2 Å². The third-order valence-electron chi connectivity index (χ3n) is 5.55. The number of halogens is 1. The van der Waals surface area contributed by atoms with Gasteiger partial charge in [-0.15, -0.1) is 0 Å². The molecule has 174 valence electrons. The van der Waals surface area contributed by atoms with Crippen molar-refractivity contribution in [1.82, 2.24) is 0 Å². The van der Waals surface area contributed by atoms with Gasteiger partial charge in [-0.05, 0) is 76.1 Å². The molecule has 5 nitrogen and oxygen atoms in total. The summed E-state index contributed by atoms with van der Waals surface area (Å²) in [5, 5.41) is 2.42. The molecule has 1 aliphatic rings. The summed E-state index contributed by atoms with van der Waals surface area (Å²) < 4.78 is 11.5. The topological polar surface area (TPSA) is 55.8 Å². The molecule has 1 aliphatic heterocycles. The van der Waals surface area contributed by atoms with Crippen LogP contribution in [0.2, 0.25) is 5.02 Å². The monoisotopic (exact) mass is 501 g/mol. The predicted octanol–water partition coefficient (Wildman–Crippen LogP) is 7.32. The van der Waals surface area contributed by atoms with Crippen LogP contribution < -0.4 is 14.4 Å². The van der Waals surface area contributed by atoms with Crippen LogP contribution in [-0.2, 0) is 11.4 Å². The van der Waals surface area contributed by atoms with Crippen molar-refractivity contribution in [2.75, 3.05) is 12.0 Å². The van der Waals surface area contributed by atoms with Crippen molar-refractivity contribution in [3.63, 3.8) is 0 Å². The van der Waals surface area contributed by atoms with Crippen LogP contribution in [0, 0.1) is 0 Å². The minimum Gasteiger partial charge on any atom is -0.493 e. The van der Waals surface area contributed by atoms with Crippen molar-refractivity contribution in [2.24, 2.45) is 0 Å². The fraction of sp³-hybridized carbons (Fsp3) is 0.0714. The van der Waals surface area contributed by atoms with E-state index in [1.165, 1.54) is 5.39 Å². The van der Waals surface area contributed by atoms with Gasteiger partial charge in [0.05, 0.1) is 17.7 Å². The van der Waals surface area contributed by atoms with Crippen LogP contribution in [0.5, 0.6) is 11.5 Å². The number of carbonyl (C=O) groups is 2. The maximum absolute atomic E-state index is 12.9. The minimum atomic E-state index is -0.391. The number of amides is 2. The molecule has 0 bridgehead atoms. The summed E-state index contributed by atoms with van der Waals surface area (Å²) in [6.07, 6.45) is 1.67. The number of fused-ring (bicyclic) bond motifs is 1. The number of anilines is 1. The molecule has 1 heterocycles. The van der Waals surface area contributed by atoms with Crippen LogP contribution >= 0.6 is 23.4 Å². The zero-order valence-corrected chi connectivity index (χ0v) is 20.3. The summed E-state index contributed by atoms with van der Waals surface area (Å²) in [6, 6.07) is 26.5. The van der Waals surface area contributed by atoms with Crippen molar-refractivity contribution in [3.8, 4) is 11.5 Å². The van der Waals surface area contributed by atoms with Crippen molar-refractivity contribution in [1.29, 1.82) is 0 Å². The molecule has 0 aliphatic carbocycles. The van der Waals surface area contributed by atoms with Crippen LogP contribution in [0.4, 0.5) is 10.5 Å². The number of carbonyl (C=O) groups excluding carboxylic acids is 2. The average Bonchev–Trinajstić information content (AvgIpc) is 3.15. The molecule has 0 N–H and O–H groups in total. The fourth-order valence-corrected chi connectivity index (χ4v) is 4.87. The van der Waals surface area contributed by atoms with E-state index in [-0.39, 0.29) is 5.24 Å². The normalized spacial score (nSPS) is 14.7. The third kappa shape index (κ3) is 4.90. The van der Waals surface area contributed by atoms with E-state index in [1.807, 2.05) is 24.3 Å². The Morgan fingerprint density at radius 1 is 0.886 bits per heavy atom. The van der Waals surface area contributed by atoms with E-state index in [4.69, 9.17) is 21.1 Å². The van der Waals surface area contributed by atoms with Gasteiger partial charge in [0.15, 0.2) is 11.5 Å². The van der Waals surface area contributed by atoms with Crippen LogP contribution in [0.1, 0.15) is 11.1 Å². The van der Waals surface area contributed by atoms with Crippen LogP contribution in [0.15, 0.2) is 89.8 Å². The molecule has 7 heteroatoms.